The van der Waals surface area contributed by atoms with Crippen molar-refractivity contribution in [2.45, 2.75) is 39.7 Å². The van der Waals surface area contributed by atoms with Crippen LogP contribution in [0.2, 0.25) is 5.02 Å². The summed E-state index contributed by atoms with van der Waals surface area (Å²) < 4.78 is 2.05. The second-order valence-corrected chi connectivity index (χ2v) is 7.19. The topological polar surface area (TPSA) is 29.9 Å². The molecule has 4 heteroatoms. The average molecular weight is 304 g/mol. The van der Waals surface area contributed by atoms with E-state index in [4.69, 9.17) is 11.6 Å². The van der Waals surface area contributed by atoms with Gasteiger partial charge in [0.05, 0.1) is 11.9 Å². The van der Waals surface area contributed by atoms with Gasteiger partial charge in [0.2, 0.25) is 0 Å². The Morgan fingerprint density at radius 1 is 1.38 bits per heavy atom. The third-order valence-corrected chi connectivity index (χ3v) is 4.83. The molecule has 21 heavy (non-hydrogen) atoms. The molecule has 0 aliphatic heterocycles. The fourth-order valence-electron chi connectivity index (χ4n) is 3.24. The summed E-state index contributed by atoms with van der Waals surface area (Å²) in [5.74, 6) is 0. The zero-order chi connectivity index (χ0) is 15.2. The van der Waals surface area contributed by atoms with Gasteiger partial charge in [0.1, 0.15) is 0 Å². The monoisotopic (exact) mass is 303 g/mol. The van der Waals surface area contributed by atoms with Gasteiger partial charge in [0, 0.05) is 22.3 Å². The van der Waals surface area contributed by atoms with Gasteiger partial charge in [-0.1, -0.05) is 31.5 Å². The first-order chi connectivity index (χ1) is 9.91. The lowest BCUT2D eigenvalue weighted by Crippen LogP contribution is -2.32. The molecule has 0 saturated carbocycles. The molecule has 0 radical (unpaired) electrons. The number of aromatic nitrogens is 2. The van der Waals surface area contributed by atoms with E-state index in [1.807, 2.05) is 30.9 Å². The van der Waals surface area contributed by atoms with Crippen LogP contribution in [0.5, 0.6) is 0 Å². The molecular formula is C17H22ClN3. The van der Waals surface area contributed by atoms with Crippen molar-refractivity contribution in [1.29, 1.82) is 0 Å². The molecule has 1 aliphatic carbocycles. The minimum atomic E-state index is 0.271. The highest BCUT2D eigenvalue weighted by atomic mass is 35.5. The maximum atomic E-state index is 6.27. The molecule has 0 bridgehead atoms. The van der Waals surface area contributed by atoms with Crippen LogP contribution in [0.3, 0.4) is 0 Å². The summed E-state index contributed by atoms with van der Waals surface area (Å²) >= 11 is 6.27. The second kappa shape index (κ2) is 5.15. The SMILES string of the molecule is CNC1CC(C)(C)Cc2c1cnn2-c1ccc(C)c(Cl)c1. The van der Waals surface area contributed by atoms with Gasteiger partial charge in [0.25, 0.3) is 0 Å². The van der Waals surface area contributed by atoms with Gasteiger partial charge in [-0.05, 0) is 49.9 Å². The van der Waals surface area contributed by atoms with E-state index < -0.39 is 0 Å². The van der Waals surface area contributed by atoms with Crippen LogP contribution in [-0.2, 0) is 6.42 Å². The van der Waals surface area contributed by atoms with Crippen LogP contribution in [0.15, 0.2) is 24.4 Å². The Hall–Kier alpha value is -1.32. The summed E-state index contributed by atoms with van der Waals surface area (Å²) in [6.45, 7) is 6.66. The first-order valence-corrected chi connectivity index (χ1v) is 7.80. The van der Waals surface area contributed by atoms with Crippen LogP contribution in [0.1, 0.15) is 43.1 Å². The Kier molecular flexibility index (Phi) is 3.58. The van der Waals surface area contributed by atoms with E-state index in [2.05, 4.69) is 36.4 Å². The number of nitrogens with one attached hydrogen (secondary N) is 1. The molecule has 1 heterocycles. The summed E-state index contributed by atoms with van der Waals surface area (Å²) in [7, 11) is 2.02. The fraction of sp³-hybridized carbons (Fsp3) is 0.471. The normalized spacial score (nSPS) is 20.3. The number of nitrogens with zero attached hydrogens (tertiary/aromatic N) is 2. The van der Waals surface area contributed by atoms with E-state index in [0.29, 0.717) is 6.04 Å². The standard InChI is InChI=1S/C17H22ClN3/c1-11-5-6-12(7-14(11)18)21-16-9-17(2,3)8-15(19-4)13(16)10-20-21/h5-7,10,15,19H,8-9H2,1-4H3. The minimum Gasteiger partial charge on any atom is -0.313 e. The summed E-state index contributed by atoms with van der Waals surface area (Å²) in [6.07, 6.45) is 4.17. The summed E-state index contributed by atoms with van der Waals surface area (Å²) in [6, 6.07) is 6.51. The van der Waals surface area contributed by atoms with Crippen molar-refractivity contribution < 1.29 is 0 Å². The van der Waals surface area contributed by atoms with Crippen LogP contribution in [-0.4, -0.2) is 16.8 Å². The zero-order valence-corrected chi connectivity index (χ0v) is 13.8. The lowest BCUT2D eigenvalue weighted by molar-refractivity contribution is 0.260. The molecule has 3 nitrogen and oxygen atoms in total. The van der Waals surface area contributed by atoms with Crippen LogP contribution in [0.25, 0.3) is 5.69 Å². The van der Waals surface area contributed by atoms with Crippen LogP contribution in [0.4, 0.5) is 0 Å². The van der Waals surface area contributed by atoms with Gasteiger partial charge in [-0.3, -0.25) is 0 Å². The van der Waals surface area contributed by atoms with Gasteiger partial charge in [-0.15, -0.1) is 0 Å². The molecule has 1 unspecified atom stereocenters. The van der Waals surface area contributed by atoms with Crippen molar-refractivity contribution in [1.82, 2.24) is 15.1 Å². The molecule has 1 atom stereocenters. The van der Waals surface area contributed by atoms with Gasteiger partial charge in [0.15, 0.2) is 0 Å². The maximum Gasteiger partial charge on any atom is 0.0663 e. The Labute approximate surface area is 131 Å². The molecule has 1 aliphatic rings. The molecule has 3 rings (SSSR count). The predicted octanol–water partition coefficient (Wildman–Crippen LogP) is 4.07. The fourth-order valence-corrected chi connectivity index (χ4v) is 3.41. The van der Waals surface area contributed by atoms with Crippen molar-refractivity contribution in [3.8, 4) is 5.69 Å². The number of halogens is 1. The van der Waals surface area contributed by atoms with E-state index in [0.717, 1.165) is 29.1 Å². The van der Waals surface area contributed by atoms with Crippen molar-refractivity contribution >= 4 is 11.6 Å². The molecule has 1 aromatic heterocycles. The molecule has 0 amide bonds. The Morgan fingerprint density at radius 3 is 2.81 bits per heavy atom. The third-order valence-electron chi connectivity index (χ3n) is 4.43. The highest BCUT2D eigenvalue weighted by Gasteiger charge is 2.34. The van der Waals surface area contributed by atoms with E-state index in [1.165, 1.54) is 11.3 Å². The van der Waals surface area contributed by atoms with Crippen molar-refractivity contribution in [2.24, 2.45) is 5.41 Å². The quantitative estimate of drug-likeness (QED) is 0.906. The number of hydrogen-bond acceptors (Lipinski definition) is 2. The smallest absolute Gasteiger partial charge is 0.0663 e. The Bertz CT molecular complexity index is 673. The summed E-state index contributed by atoms with van der Waals surface area (Å²) in [5.41, 5.74) is 5.01. The van der Waals surface area contributed by atoms with Crippen molar-refractivity contribution in [3.63, 3.8) is 0 Å². The lowest BCUT2D eigenvalue weighted by Gasteiger charge is -2.35. The van der Waals surface area contributed by atoms with Crippen molar-refractivity contribution in [2.75, 3.05) is 7.05 Å². The first kappa shape index (κ1) is 14.6. The second-order valence-electron chi connectivity index (χ2n) is 6.78. The summed E-state index contributed by atoms with van der Waals surface area (Å²) in [5, 5.41) is 8.83. The van der Waals surface area contributed by atoms with Crippen molar-refractivity contribution in [3.05, 3.63) is 46.2 Å². The Morgan fingerprint density at radius 2 is 2.14 bits per heavy atom. The lowest BCUT2D eigenvalue weighted by atomic mass is 9.74. The number of fused-ring (bicyclic) bond motifs is 1. The van der Waals surface area contributed by atoms with E-state index >= 15 is 0 Å². The predicted molar refractivity (Wildman–Crippen MR) is 87.2 cm³/mol. The van der Waals surface area contributed by atoms with Crippen LogP contribution >= 0.6 is 11.6 Å². The van der Waals surface area contributed by atoms with Crippen LogP contribution < -0.4 is 5.32 Å². The third kappa shape index (κ3) is 2.60. The van der Waals surface area contributed by atoms with E-state index in [-0.39, 0.29) is 5.41 Å². The van der Waals surface area contributed by atoms with Gasteiger partial charge >= 0.3 is 0 Å². The van der Waals surface area contributed by atoms with E-state index in [1.54, 1.807) is 0 Å². The molecule has 0 fully saturated rings. The molecule has 1 aromatic carbocycles. The van der Waals surface area contributed by atoms with Gasteiger partial charge in [-0.2, -0.15) is 5.10 Å². The Balaban J connectivity index is 2.10. The zero-order valence-electron chi connectivity index (χ0n) is 13.1. The molecule has 0 spiro atoms. The summed E-state index contributed by atoms with van der Waals surface area (Å²) in [4.78, 5) is 0. The maximum absolute atomic E-state index is 6.27. The van der Waals surface area contributed by atoms with E-state index in [9.17, 15) is 0 Å². The molecule has 112 valence electrons. The number of hydrogen-bond donors (Lipinski definition) is 1. The molecule has 2 aromatic rings. The number of rotatable bonds is 2. The van der Waals surface area contributed by atoms with Gasteiger partial charge < -0.3 is 5.32 Å². The average Bonchev–Trinajstić information content (AvgIpc) is 2.83. The molecular weight excluding hydrogens is 282 g/mol. The highest BCUT2D eigenvalue weighted by molar-refractivity contribution is 6.31. The van der Waals surface area contributed by atoms with Gasteiger partial charge in [-0.25, -0.2) is 4.68 Å². The largest absolute Gasteiger partial charge is 0.313 e. The first-order valence-electron chi connectivity index (χ1n) is 7.42. The highest BCUT2D eigenvalue weighted by Crippen LogP contribution is 2.41. The minimum absolute atomic E-state index is 0.271. The van der Waals surface area contributed by atoms with Crippen LogP contribution in [0, 0.1) is 12.3 Å². The molecule has 1 N–H and O–H groups in total. The molecule has 0 saturated heterocycles. The number of aryl methyl sites for hydroxylation is 1. The number of benzene rings is 1.